The Hall–Kier alpha value is -3.85. The zero-order chi connectivity index (χ0) is 23.5. The molecule has 2 N–H and O–H groups in total. The molecule has 1 aliphatic heterocycles. The Morgan fingerprint density at radius 3 is 2.68 bits per heavy atom. The Morgan fingerprint density at radius 1 is 1.03 bits per heavy atom. The molecule has 172 valence electrons. The molecule has 4 heterocycles. The van der Waals surface area contributed by atoms with Crippen LogP contribution >= 0.6 is 0 Å². The van der Waals surface area contributed by atoms with E-state index in [9.17, 15) is 13.6 Å². The molecule has 1 saturated heterocycles. The summed E-state index contributed by atoms with van der Waals surface area (Å²) >= 11 is 0. The third kappa shape index (κ3) is 4.89. The molecule has 4 aromatic rings. The number of carbonyl (C=O) groups excluding carboxylic acids is 1. The summed E-state index contributed by atoms with van der Waals surface area (Å²) in [5.41, 5.74) is 2.19. The lowest BCUT2D eigenvalue weighted by molar-refractivity contribution is 0.0992. The first-order valence-corrected chi connectivity index (χ1v) is 11.0. The van der Waals surface area contributed by atoms with Gasteiger partial charge in [-0.2, -0.15) is 0 Å². The van der Waals surface area contributed by atoms with Crippen LogP contribution in [0.15, 0.2) is 61.2 Å². The second-order valence-electron chi connectivity index (χ2n) is 8.25. The predicted molar refractivity (Wildman–Crippen MR) is 125 cm³/mol. The number of alkyl halides is 1. The van der Waals surface area contributed by atoms with E-state index >= 15 is 0 Å². The summed E-state index contributed by atoms with van der Waals surface area (Å²) in [4.78, 5) is 30.2. The van der Waals surface area contributed by atoms with Gasteiger partial charge in [0.25, 0.3) is 0 Å². The van der Waals surface area contributed by atoms with E-state index in [-0.39, 0.29) is 24.1 Å². The Bertz CT molecular complexity index is 1330. The largest absolute Gasteiger partial charge is 0.363 e. The Labute approximate surface area is 194 Å². The number of anilines is 1. The number of halogens is 2. The molecule has 2 atom stereocenters. The van der Waals surface area contributed by atoms with Crippen LogP contribution in [0.5, 0.6) is 0 Å². The number of carbonyl (C=O) groups is 1. The first-order valence-electron chi connectivity index (χ1n) is 11.0. The van der Waals surface area contributed by atoms with E-state index in [1.807, 2.05) is 12.1 Å². The molecular formula is C25H22F2N6O. The van der Waals surface area contributed by atoms with Crippen molar-refractivity contribution < 1.29 is 13.6 Å². The fraction of sp³-hybridized carbons (Fsp3) is 0.240. The maximum atomic E-state index is 14.2. The molecule has 0 aliphatic carbocycles. The third-order valence-corrected chi connectivity index (χ3v) is 5.81. The van der Waals surface area contributed by atoms with Crippen LogP contribution in [0.25, 0.3) is 22.2 Å². The number of pyridine rings is 2. The standard InChI is InChI=1S/C25H22F2N6O/c26-18-3-1-15(2-4-18)24(34)9-19-7-16-8-22(31-11-17(16)10-30-19)23-13-29-14-25(33-23)32-21-5-6-28-12-20(21)27/h1-4,7-8,10-11,13-14,20-21,28H,5-6,9,12H2,(H,32,33)/t20-,21-/m0/s1. The zero-order valence-electron chi connectivity index (χ0n) is 18.2. The number of nitrogens with zero attached hydrogens (tertiary/aromatic N) is 4. The number of nitrogens with one attached hydrogen (secondary N) is 2. The van der Waals surface area contributed by atoms with Crippen molar-refractivity contribution in [3.05, 3.63) is 78.3 Å². The van der Waals surface area contributed by atoms with Gasteiger partial charge >= 0.3 is 0 Å². The summed E-state index contributed by atoms with van der Waals surface area (Å²) in [5.74, 6) is -0.0350. The van der Waals surface area contributed by atoms with Crippen molar-refractivity contribution in [2.24, 2.45) is 0 Å². The van der Waals surface area contributed by atoms with E-state index in [2.05, 4.69) is 30.6 Å². The van der Waals surface area contributed by atoms with E-state index < -0.39 is 6.17 Å². The van der Waals surface area contributed by atoms with Crippen molar-refractivity contribution in [2.45, 2.75) is 25.1 Å². The Kier molecular flexibility index (Phi) is 6.18. The maximum Gasteiger partial charge on any atom is 0.168 e. The van der Waals surface area contributed by atoms with E-state index in [1.54, 1.807) is 24.8 Å². The SMILES string of the molecule is O=C(Cc1cc2cc(-c3cncc(N[C@H]4CCNC[C@@H]4F)n3)ncc2cn1)c1ccc(F)cc1. The number of ketones is 1. The average molecular weight is 460 g/mol. The number of hydrogen-bond acceptors (Lipinski definition) is 7. The molecule has 1 fully saturated rings. The van der Waals surface area contributed by atoms with Crippen LogP contribution in [0, 0.1) is 5.82 Å². The molecule has 0 saturated carbocycles. The minimum Gasteiger partial charge on any atom is -0.363 e. The van der Waals surface area contributed by atoms with Crippen LogP contribution in [0.3, 0.4) is 0 Å². The summed E-state index contributed by atoms with van der Waals surface area (Å²) < 4.78 is 27.3. The van der Waals surface area contributed by atoms with Gasteiger partial charge in [-0.15, -0.1) is 0 Å². The fourth-order valence-corrected chi connectivity index (χ4v) is 3.95. The molecular weight excluding hydrogens is 438 g/mol. The summed E-state index contributed by atoms with van der Waals surface area (Å²) in [5, 5.41) is 7.84. The summed E-state index contributed by atoms with van der Waals surface area (Å²) in [6, 6.07) is 8.84. The highest BCUT2D eigenvalue weighted by Crippen LogP contribution is 2.23. The number of hydrogen-bond donors (Lipinski definition) is 2. The quantitative estimate of drug-likeness (QED) is 0.423. The summed E-state index contributed by atoms with van der Waals surface area (Å²) in [6.07, 6.45) is 6.29. The second kappa shape index (κ2) is 9.56. The number of fused-ring (bicyclic) bond motifs is 1. The summed E-state index contributed by atoms with van der Waals surface area (Å²) in [7, 11) is 0. The monoisotopic (exact) mass is 460 g/mol. The third-order valence-electron chi connectivity index (χ3n) is 5.81. The lowest BCUT2D eigenvalue weighted by Gasteiger charge is -2.27. The maximum absolute atomic E-state index is 14.2. The van der Waals surface area contributed by atoms with Gasteiger partial charge in [-0.25, -0.2) is 13.8 Å². The molecule has 0 unspecified atom stereocenters. The van der Waals surface area contributed by atoms with Crippen molar-refractivity contribution in [1.82, 2.24) is 25.3 Å². The zero-order valence-corrected chi connectivity index (χ0v) is 18.2. The van der Waals surface area contributed by atoms with Crippen LogP contribution in [0.4, 0.5) is 14.6 Å². The van der Waals surface area contributed by atoms with E-state index in [4.69, 9.17) is 0 Å². The normalized spacial score (nSPS) is 18.1. The first-order chi connectivity index (χ1) is 16.5. The van der Waals surface area contributed by atoms with Gasteiger partial charge in [0.15, 0.2) is 5.78 Å². The Balaban J connectivity index is 1.37. The number of aromatic nitrogens is 4. The number of rotatable bonds is 6. The lowest BCUT2D eigenvalue weighted by Crippen LogP contribution is -2.45. The van der Waals surface area contributed by atoms with Crippen LogP contribution in [-0.2, 0) is 6.42 Å². The molecule has 0 radical (unpaired) electrons. The molecule has 34 heavy (non-hydrogen) atoms. The van der Waals surface area contributed by atoms with Gasteiger partial charge in [0.1, 0.15) is 23.5 Å². The number of benzene rings is 1. The number of Topliss-reactive ketones (excluding diaryl/α,β-unsaturated/α-hetero) is 1. The van der Waals surface area contributed by atoms with Gasteiger partial charge in [-0.3, -0.25) is 19.7 Å². The fourth-order valence-electron chi connectivity index (χ4n) is 3.95. The Morgan fingerprint density at radius 2 is 1.85 bits per heavy atom. The summed E-state index contributed by atoms with van der Waals surface area (Å²) in [6.45, 7) is 1.06. The van der Waals surface area contributed by atoms with E-state index in [1.165, 1.54) is 24.3 Å². The van der Waals surface area contributed by atoms with Crippen LogP contribution in [-0.4, -0.2) is 51.0 Å². The topological polar surface area (TPSA) is 92.7 Å². The molecule has 1 aromatic carbocycles. The average Bonchev–Trinajstić information content (AvgIpc) is 2.85. The molecule has 0 amide bonds. The van der Waals surface area contributed by atoms with Gasteiger partial charge in [0, 0.05) is 35.6 Å². The van der Waals surface area contributed by atoms with Crippen molar-refractivity contribution in [1.29, 1.82) is 0 Å². The smallest absolute Gasteiger partial charge is 0.168 e. The van der Waals surface area contributed by atoms with Crippen LogP contribution in [0.1, 0.15) is 22.5 Å². The van der Waals surface area contributed by atoms with Crippen LogP contribution < -0.4 is 10.6 Å². The van der Waals surface area contributed by atoms with Gasteiger partial charge in [0.05, 0.1) is 30.6 Å². The molecule has 9 heteroatoms. The predicted octanol–water partition coefficient (Wildman–Crippen LogP) is 3.76. The molecule has 0 spiro atoms. The molecule has 7 nitrogen and oxygen atoms in total. The van der Waals surface area contributed by atoms with Gasteiger partial charge in [0.2, 0.25) is 0 Å². The van der Waals surface area contributed by atoms with Crippen molar-refractivity contribution in [2.75, 3.05) is 18.4 Å². The first kappa shape index (κ1) is 22.0. The van der Waals surface area contributed by atoms with Crippen molar-refractivity contribution in [3.63, 3.8) is 0 Å². The minimum atomic E-state index is -0.999. The number of piperidine rings is 1. The van der Waals surface area contributed by atoms with E-state index in [0.29, 0.717) is 41.4 Å². The highest BCUT2D eigenvalue weighted by Gasteiger charge is 2.24. The highest BCUT2D eigenvalue weighted by molar-refractivity contribution is 5.97. The molecule has 1 aliphatic rings. The molecule has 3 aromatic heterocycles. The molecule has 0 bridgehead atoms. The molecule has 5 rings (SSSR count). The van der Waals surface area contributed by atoms with Gasteiger partial charge in [-0.05, 0) is 54.8 Å². The van der Waals surface area contributed by atoms with Crippen molar-refractivity contribution in [3.8, 4) is 11.4 Å². The van der Waals surface area contributed by atoms with Gasteiger partial charge in [-0.1, -0.05) is 0 Å². The highest BCUT2D eigenvalue weighted by atomic mass is 19.1. The minimum absolute atomic E-state index is 0.0963. The van der Waals surface area contributed by atoms with Crippen molar-refractivity contribution >= 4 is 22.4 Å². The second-order valence-corrected chi connectivity index (χ2v) is 8.25. The van der Waals surface area contributed by atoms with Gasteiger partial charge < -0.3 is 10.6 Å². The van der Waals surface area contributed by atoms with Crippen LogP contribution in [0.2, 0.25) is 0 Å². The lowest BCUT2D eigenvalue weighted by atomic mass is 10.0. The van der Waals surface area contributed by atoms with E-state index in [0.717, 1.165) is 17.3 Å².